The first kappa shape index (κ1) is 16.5. The molecule has 0 unspecified atom stereocenters. The van der Waals surface area contributed by atoms with Gasteiger partial charge in [-0.3, -0.25) is 4.72 Å². The average molecular weight is 367 g/mol. The Morgan fingerprint density at radius 3 is 2.23 bits per heavy atom. The predicted molar refractivity (Wildman–Crippen MR) is 99.5 cm³/mol. The summed E-state index contributed by atoms with van der Waals surface area (Å²) in [6.45, 7) is 0. The van der Waals surface area contributed by atoms with Crippen molar-refractivity contribution < 1.29 is 13.2 Å². The summed E-state index contributed by atoms with van der Waals surface area (Å²) in [5.74, 6) is 0.906. The highest BCUT2D eigenvalue weighted by atomic mass is 32.2. The van der Waals surface area contributed by atoms with Crippen LogP contribution < -0.4 is 9.46 Å². The Hall–Kier alpha value is -2.93. The Morgan fingerprint density at radius 2 is 1.58 bits per heavy atom. The Labute approximate surface area is 151 Å². The second-order valence-electron chi connectivity index (χ2n) is 6.04. The number of ether oxygens (including phenoxy) is 1. The molecule has 0 bridgehead atoms. The summed E-state index contributed by atoms with van der Waals surface area (Å²) in [5, 5.41) is -0.357. The van der Waals surface area contributed by atoms with E-state index in [1.54, 1.807) is 18.2 Å². The predicted octanol–water partition coefficient (Wildman–Crippen LogP) is 3.84. The summed E-state index contributed by atoms with van der Waals surface area (Å²) >= 11 is 0. The van der Waals surface area contributed by atoms with Crippen LogP contribution in [0, 0.1) is 0 Å². The van der Waals surface area contributed by atoms with Crippen LogP contribution in [0.15, 0.2) is 66.7 Å². The molecule has 1 aliphatic rings. The molecule has 3 aromatic rings. The largest absolute Gasteiger partial charge is 0.439 e. The number of benzene rings is 2. The van der Waals surface area contributed by atoms with Crippen molar-refractivity contribution in [2.24, 2.45) is 0 Å². The fourth-order valence-electron chi connectivity index (χ4n) is 2.48. The van der Waals surface area contributed by atoms with Crippen LogP contribution in [-0.4, -0.2) is 23.6 Å². The van der Waals surface area contributed by atoms with E-state index in [9.17, 15) is 8.42 Å². The van der Waals surface area contributed by atoms with Gasteiger partial charge in [-0.1, -0.05) is 48.5 Å². The zero-order valence-corrected chi connectivity index (χ0v) is 14.7. The van der Waals surface area contributed by atoms with E-state index in [1.807, 2.05) is 48.5 Å². The summed E-state index contributed by atoms with van der Waals surface area (Å²) in [6.07, 6.45) is 1.34. The minimum absolute atomic E-state index is 0.0178. The molecule has 0 radical (unpaired) electrons. The Bertz CT molecular complexity index is 1000. The van der Waals surface area contributed by atoms with E-state index in [-0.39, 0.29) is 17.1 Å². The monoisotopic (exact) mass is 367 g/mol. The van der Waals surface area contributed by atoms with Gasteiger partial charge in [0.15, 0.2) is 0 Å². The van der Waals surface area contributed by atoms with Gasteiger partial charge in [0, 0.05) is 11.6 Å². The summed E-state index contributed by atoms with van der Waals surface area (Å²) in [4.78, 5) is 8.59. The van der Waals surface area contributed by atoms with Crippen molar-refractivity contribution in [1.29, 1.82) is 0 Å². The number of nitrogens with one attached hydrogen (secondary N) is 1. The molecule has 132 valence electrons. The fraction of sp³-hybridized carbons (Fsp3) is 0.158. The van der Waals surface area contributed by atoms with E-state index in [2.05, 4.69) is 14.7 Å². The molecule has 1 heterocycles. The summed E-state index contributed by atoms with van der Waals surface area (Å²) in [5.41, 5.74) is 1.43. The highest BCUT2D eigenvalue weighted by Gasteiger charge is 2.36. The molecule has 1 saturated carbocycles. The smallest absolute Gasteiger partial charge is 0.240 e. The van der Waals surface area contributed by atoms with Crippen molar-refractivity contribution in [2.45, 2.75) is 18.1 Å². The molecule has 6 nitrogen and oxygen atoms in total. The minimum Gasteiger partial charge on any atom is -0.439 e. The van der Waals surface area contributed by atoms with Crippen molar-refractivity contribution in [3.05, 3.63) is 66.7 Å². The van der Waals surface area contributed by atoms with Crippen molar-refractivity contribution in [3.63, 3.8) is 0 Å². The molecule has 0 amide bonds. The number of hydrogen-bond acceptors (Lipinski definition) is 5. The van der Waals surface area contributed by atoms with E-state index in [0.717, 1.165) is 5.56 Å². The molecule has 7 heteroatoms. The molecule has 26 heavy (non-hydrogen) atoms. The molecule has 1 fully saturated rings. The Kier molecular flexibility index (Phi) is 4.30. The molecule has 0 atom stereocenters. The molecular formula is C19H17N3O3S. The van der Waals surface area contributed by atoms with Gasteiger partial charge in [-0.15, -0.1) is 0 Å². The number of sulfonamides is 1. The normalized spacial score (nSPS) is 14.0. The third-order valence-electron chi connectivity index (χ3n) is 3.93. The van der Waals surface area contributed by atoms with E-state index in [1.165, 1.54) is 0 Å². The molecular weight excluding hydrogens is 350 g/mol. The minimum atomic E-state index is -3.46. The van der Waals surface area contributed by atoms with E-state index in [0.29, 0.717) is 24.3 Å². The highest BCUT2D eigenvalue weighted by Crippen LogP contribution is 2.31. The first-order chi connectivity index (χ1) is 12.6. The van der Waals surface area contributed by atoms with Crippen molar-refractivity contribution >= 4 is 16.0 Å². The molecule has 2 aromatic carbocycles. The van der Waals surface area contributed by atoms with Crippen LogP contribution in [0.5, 0.6) is 11.6 Å². The van der Waals surface area contributed by atoms with Gasteiger partial charge in [0.2, 0.25) is 21.9 Å². The van der Waals surface area contributed by atoms with Gasteiger partial charge < -0.3 is 4.74 Å². The quantitative estimate of drug-likeness (QED) is 0.716. The average Bonchev–Trinajstić information content (AvgIpc) is 3.49. The zero-order valence-electron chi connectivity index (χ0n) is 13.9. The summed E-state index contributed by atoms with van der Waals surface area (Å²) < 4.78 is 32.8. The number of hydrogen-bond donors (Lipinski definition) is 1. The maximum Gasteiger partial charge on any atom is 0.240 e. The number of anilines is 1. The first-order valence-corrected chi connectivity index (χ1v) is 9.84. The fourth-order valence-corrected chi connectivity index (χ4v) is 3.75. The molecule has 4 rings (SSSR count). The van der Waals surface area contributed by atoms with Crippen LogP contribution in [0.1, 0.15) is 12.8 Å². The zero-order chi connectivity index (χ0) is 18.0. The van der Waals surface area contributed by atoms with Crippen molar-refractivity contribution in [3.8, 4) is 22.9 Å². The van der Waals surface area contributed by atoms with E-state index >= 15 is 0 Å². The lowest BCUT2D eigenvalue weighted by molar-refractivity contribution is 0.463. The van der Waals surface area contributed by atoms with Gasteiger partial charge in [0.25, 0.3) is 0 Å². The van der Waals surface area contributed by atoms with Gasteiger partial charge in [-0.2, -0.15) is 4.98 Å². The maximum atomic E-state index is 12.2. The molecule has 0 spiro atoms. The summed E-state index contributed by atoms with van der Waals surface area (Å²) in [6, 6.07) is 20.4. The lowest BCUT2D eigenvalue weighted by Crippen LogP contribution is -2.19. The van der Waals surface area contributed by atoms with Crippen LogP contribution in [-0.2, 0) is 10.0 Å². The van der Waals surface area contributed by atoms with Gasteiger partial charge in [-0.25, -0.2) is 13.4 Å². The van der Waals surface area contributed by atoms with Gasteiger partial charge in [0.1, 0.15) is 5.75 Å². The molecule has 0 saturated heterocycles. The van der Waals surface area contributed by atoms with Crippen LogP contribution in [0.25, 0.3) is 11.3 Å². The standard InChI is InChI=1S/C19H17N3O3S/c23-26(24,16-11-12-16)22-19-20-17(14-7-3-1-4-8-14)13-18(21-19)25-15-9-5-2-6-10-15/h1-10,13,16H,11-12H2,(H,20,21,22). The maximum absolute atomic E-state index is 12.2. The third-order valence-corrected chi connectivity index (χ3v) is 5.75. The van der Waals surface area contributed by atoms with Crippen LogP contribution in [0.3, 0.4) is 0 Å². The van der Waals surface area contributed by atoms with Gasteiger partial charge >= 0.3 is 0 Å². The van der Waals surface area contributed by atoms with Crippen LogP contribution in [0.2, 0.25) is 0 Å². The second kappa shape index (κ2) is 6.76. The van der Waals surface area contributed by atoms with Crippen LogP contribution in [0.4, 0.5) is 5.95 Å². The summed E-state index contributed by atoms with van der Waals surface area (Å²) in [7, 11) is -3.46. The number of para-hydroxylation sites is 1. The van der Waals surface area contributed by atoms with Gasteiger partial charge in [-0.05, 0) is 25.0 Å². The third kappa shape index (κ3) is 3.83. The molecule has 1 aliphatic carbocycles. The number of nitrogens with zero attached hydrogens (tertiary/aromatic N) is 2. The topological polar surface area (TPSA) is 81.2 Å². The highest BCUT2D eigenvalue weighted by molar-refractivity contribution is 7.93. The number of aromatic nitrogens is 2. The Balaban J connectivity index is 1.71. The SMILES string of the molecule is O=S(=O)(Nc1nc(Oc2ccccc2)cc(-c2ccccc2)n1)C1CC1. The molecule has 0 aliphatic heterocycles. The van der Waals surface area contributed by atoms with Crippen molar-refractivity contribution in [1.82, 2.24) is 9.97 Å². The van der Waals surface area contributed by atoms with E-state index in [4.69, 9.17) is 4.74 Å². The molecule has 1 aromatic heterocycles. The Morgan fingerprint density at radius 1 is 0.923 bits per heavy atom. The first-order valence-electron chi connectivity index (χ1n) is 8.29. The molecule has 1 N–H and O–H groups in total. The second-order valence-corrected chi connectivity index (χ2v) is 8.00. The van der Waals surface area contributed by atoms with Crippen molar-refractivity contribution in [2.75, 3.05) is 4.72 Å². The lowest BCUT2D eigenvalue weighted by atomic mass is 10.1. The van der Waals surface area contributed by atoms with E-state index < -0.39 is 10.0 Å². The van der Waals surface area contributed by atoms with Gasteiger partial charge in [0.05, 0.1) is 10.9 Å². The number of rotatable bonds is 6. The lowest BCUT2D eigenvalue weighted by Gasteiger charge is -2.11. The van der Waals surface area contributed by atoms with Crippen LogP contribution >= 0.6 is 0 Å².